The number of nitrogens with two attached hydrogens (primary N) is 1. The molecule has 1 aliphatic carbocycles. The fraction of sp³-hybridized carbons (Fsp3) is 0.464. The minimum atomic E-state index is -3.00. The highest BCUT2D eigenvalue weighted by atomic mass is 35.5. The van der Waals surface area contributed by atoms with Crippen molar-refractivity contribution in [3.05, 3.63) is 45.7 Å². The van der Waals surface area contributed by atoms with Gasteiger partial charge in [-0.3, -0.25) is 4.79 Å². The van der Waals surface area contributed by atoms with E-state index in [1.54, 1.807) is 23.6 Å². The van der Waals surface area contributed by atoms with Crippen molar-refractivity contribution in [2.45, 2.75) is 63.6 Å². The first-order chi connectivity index (χ1) is 19.8. The largest absolute Gasteiger partial charge is 0.433 e. The van der Waals surface area contributed by atoms with E-state index in [0.29, 0.717) is 22.6 Å². The molecule has 5 rings (SSSR count). The van der Waals surface area contributed by atoms with Crippen LogP contribution in [0, 0.1) is 0 Å². The van der Waals surface area contributed by atoms with E-state index in [2.05, 4.69) is 37.4 Å². The number of alkyl halides is 2. The number of benzene rings is 1. The third-order valence-corrected chi connectivity index (χ3v) is 9.08. The summed E-state index contributed by atoms with van der Waals surface area (Å²) in [5.41, 5.74) is 6.98. The van der Waals surface area contributed by atoms with Gasteiger partial charge in [0.2, 0.25) is 5.95 Å². The lowest BCUT2D eigenvalue weighted by molar-refractivity contribution is -0.0493. The highest BCUT2D eigenvalue weighted by molar-refractivity contribution is 7.12. The number of hydrogen-bond acceptors (Lipinski definition) is 9. The lowest BCUT2D eigenvalue weighted by Gasteiger charge is -2.42. The summed E-state index contributed by atoms with van der Waals surface area (Å²) in [7, 11) is 2.25. The molecule has 2 fully saturated rings. The van der Waals surface area contributed by atoms with Gasteiger partial charge in [-0.2, -0.15) is 13.8 Å². The van der Waals surface area contributed by atoms with Gasteiger partial charge in [0.15, 0.2) is 11.6 Å². The lowest BCUT2D eigenvalue weighted by atomic mass is 9.92. The number of primary amides is 1. The molecule has 1 aromatic carbocycles. The second-order valence-corrected chi connectivity index (χ2v) is 11.7. The number of rotatable bonds is 10. The Morgan fingerprint density at radius 1 is 1.12 bits per heavy atom. The molecule has 3 aromatic rings. The molecule has 41 heavy (non-hydrogen) atoms. The van der Waals surface area contributed by atoms with Crippen molar-refractivity contribution in [3.63, 3.8) is 0 Å². The SMILES string of the molecule is CN(C1CCCCC1)C1CCN(c2ccc(Nc3ncc(Cl)c(Nc4ccsc4C(N)=O)n3)c(OC(F)F)c2)CC1. The zero-order valence-corrected chi connectivity index (χ0v) is 24.4. The van der Waals surface area contributed by atoms with Crippen LogP contribution in [0.1, 0.15) is 54.6 Å². The molecule has 0 unspecified atom stereocenters. The molecule has 220 valence electrons. The van der Waals surface area contributed by atoms with E-state index in [9.17, 15) is 13.6 Å². The van der Waals surface area contributed by atoms with Crippen LogP contribution in [0.3, 0.4) is 0 Å². The van der Waals surface area contributed by atoms with E-state index >= 15 is 0 Å². The maximum absolute atomic E-state index is 13.4. The first-order valence-electron chi connectivity index (χ1n) is 13.8. The van der Waals surface area contributed by atoms with Crippen LogP contribution in [0.4, 0.5) is 37.6 Å². The van der Waals surface area contributed by atoms with Crippen LogP contribution in [0.25, 0.3) is 0 Å². The monoisotopic (exact) mass is 605 g/mol. The summed E-state index contributed by atoms with van der Waals surface area (Å²) in [5.74, 6) is -0.272. The number of carbonyl (C=O) groups excluding carboxylic acids is 1. The minimum Gasteiger partial charge on any atom is -0.433 e. The average Bonchev–Trinajstić information content (AvgIpc) is 3.44. The van der Waals surface area contributed by atoms with Gasteiger partial charge in [0, 0.05) is 36.9 Å². The minimum absolute atomic E-state index is 0.0131. The number of nitrogens with zero attached hydrogens (tertiary/aromatic N) is 4. The number of halogens is 3. The van der Waals surface area contributed by atoms with Gasteiger partial charge in [-0.1, -0.05) is 30.9 Å². The molecule has 1 saturated heterocycles. The first kappa shape index (κ1) is 29.3. The van der Waals surface area contributed by atoms with E-state index in [0.717, 1.165) is 31.6 Å². The van der Waals surface area contributed by atoms with Crippen molar-refractivity contribution < 1.29 is 18.3 Å². The van der Waals surface area contributed by atoms with E-state index < -0.39 is 12.5 Å². The number of aromatic nitrogens is 2. The summed E-state index contributed by atoms with van der Waals surface area (Å²) < 4.78 is 31.7. The van der Waals surface area contributed by atoms with E-state index in [4.69, 9.17) is 22.1 Å². The fourth-order valence-corrected chi connectivity index (χ4v) is 6.52. The predicted molar refractivity (Wildman–Crippen MR) is 159 cm³/mol. The Hall–Kier alpha value is -3.22. The van der Waals surface area contributed by atoms with Gasteiger partial charge in [-0.05, 0) is 56.3 Å². The zero-order valence-electron chi connectivity index (χ0n) is 22.8. The normalized spacial score (nSPS) is 16.8. The smallest absolute Gasteiger partial charge is 0.387 e. The van der Waals surface area contributed by atoms with Gasteiger partial charge in [-0.15, -0.1) is 11.3 Å². The number of ether oxygens (including phenoxy) is 1. The third-order valence-electron chi connectivity index (χ3n) is 7.87. The summed E-state index contributed by atoms with van der Waals surface area (Å²) in [4.78, 5) is 25.3. The number of thiophene rings is 1. The Labute approximate surface area is 247 Å². The first-order valence-corrected chi connectivity index (χ1v) is 15.0. The van der Waals surface area contributed by atoms with Crippen LogP contribution in [0.15, 0.2) is 35.8 Å². The van der Waals surface area contributed by atoms with Crippen molar-refractivity contribution in [1.82, 2.24) is 14.9 Å². The van der Waals surface area contributed by atoms with Gasteiger partial charge < -0.3 is 30.9 Å². The topological polar surface area (TPSA) is 109 Å². The van der Waals surface area contributed by atoms with E-state index in [1.807, 2.05) is 6.07 Å². The van der Waals surface area contributed by atoms with Crippen LogP contribution in [0.5, 0.6) is 5.75 Å². The molecule has 0 spiro atoms. The molecule has 13 heteroatoms. The lowest BCUT2D eigenvalue weighted by Crippen LogP contribution is -2.47. The fourth-order valence-electron chi connectivity index (χ4n) is 5.68. The van der Waals surface area contributed by atoms with Crippen LogP contribution in [0.2, 0.25) is 5.02 Å². The summed E-state index contributed by atoms with van der Waals surface area (Å²) in [6.45, 7) is -1.32. The van der Waals surface area contributed by atoms with Gasteiger partial charge in [0.05, 0.1) is 17.6 Å². The van der Waals surface area contributed by atoms with Crippen molar-refractivity contribution >= 4 is 57.7 Å². The second kappa shape index (κ2) is 13.2. The predicted octanol–water partition coefficient (Wildman–Crippen LogP) is 6.61. The van der Waals surface area contributed by atoms with Crippen molar-refractivity contribution in [2.24, 2.45) is 5.73 Å². The Balaban J connectivity index is 1.29. The van der Waals surface area contributed by atoms with Gasteiger partial charge >= 0.3 is 6.61 Å². The highest BCUT2D eigenvalue weighted by Crippen LogP contribution is 2.36. The van der Waals surface area contributed by atoms with Crippen molar-refractivity contribution in [2.75, 3.05) is 35.7 Å². The molecular formula is C28H34ClF2N7O2S. The maximum atomic E-state index is 13.4. The molecule has 0 radical (unpaired) electrons. The summed E-state index contributed by atoms with van der Waals surface area (Å²) in [5, 5.41) is 7.86. The molecule has 2 aromatic heterocycles. The number of hydrogen-bond donors (Lipinski definition) is 3. The van der Waals surface area contributed by atoms with Crippen LogP contribution >= 0.6 is 22.9 Å². The van der Waals surface area contributed by atoms with Crippen molar-refractivity contribution in [1.29, 1.82) is 0 Å². The van der Waals surface area contributed by atoms with Crippen LogP contribution in [-0.2, 0) is 0 Å². The number of nitrogens with one attached hydrogen (secondary N) is 2. The Morgan fingerprint density at radius 2 is 1.85 bits per heavy atom. The second-order valence-electron chi connectivity index (χ2n) is 10.4. The van der Waals surface area contributed by atoms with Gasteiger partial charge in [0.1, 0.15) is 9.90 Å². The quantitative estimate of drug-likeness (QED) is 0.237. The number of carbonyl (C=O) groups is 1. The van der Waals surface area contributed by atoms with E-state index in [1.165, 1.54) is 49.6 Å². The summed E-state index contributed by atoms with van der Waals surface area (Å²) in [6, 6.07) is 8.07. The Morgan fingerprint density at radius 3 is 2.56 bits per heavy atom. The molecule has 0 atom stereocenters. The Kier molecular flexibility index (Phi) is 9.41. The van der Waals surface area contributed by atoms with Gasteiger partial charge in [0.25, 0.3) is 5.91 Å². The van der Waals surface area contributed by atoms with Gasteiger partial charge in [-0.25, -0.2) is 4.98 Å². The standard InChI is InChI=1S/C28H34ClF2N7O2S/c1-37(17-5-3-2-4-6-17)18-9-12-38(13-10-18)19-7-8-21(23(15-19)40-27(30)31)35-28-33-16-20(29)26(36-28)34-22-11-14-41-24(22)25(32)39/h7-8,11,14-18,27H,2-6,9-10,12-13H2,1H3,(H2,32,39)(H2,33,34,35,36). The summed E-state index contributed by atoms with van der Waals surface area (Å²) in [6.07, 6.45) is 9.92. The number of anilines is 5. The molecule has 9 nitrogen and oxygen atoms in total. The number of amides is 1. The van der Waals surface area contributed by atoms with Crippen molar-refractivity contribution in [3.8, 4) is 5.75 Å². The average molecular weight is 606 g/mol. The van der Waals surface area contributed by atoms with Crippen LogP contribution in [-0.4, -0.2) is 59.6 Å². The number of piperidine rings is 1. The molecule has 1 saturated carbocycles. The van der Waals surface area contributed by atoms with Crippen LogP contribution < -0.4 is 26.0 Å². The Bertz CT molecular complexity index is 1350. The molecule has 4 N–H and O–H groups in total. The third kappa shape index (κ3) is 7.17. The summed E-state index contributed by atoms with van der Waals surface area (Å²) >= 11 is 7.45. The molecular weight excluding hydrogens is 572 g/mol. The molecule has 0 bridgehead atoms. The molecule has 2 aliphatic rings. The molecule has 1 aliphatic heterocycles. The van der Waals surface area contributed by atoms with E-state index in [-0.39, 0.29) is 28.2 Å². The highest BCUT2D eigenvalue weighted by Gasteiger charge is 2.28. The zero-order chi connectivity index (χ0) is 28.9. The molecule has 1 amide bonds. The molecule has 3 heterocycles. The maximum Gasteiger partial charge on any atom is 0.387 e.